The summed E-state index contributed by atoms with van der Waals surface area (Å²) in [4.78, 5) is 0. The average molecular weight is 432 g/mol. The predicted octanol–water partition coefficient (Wildman–Crippen LogP) is 5.12. The number of hydrogen-bond acceptors (Lipinski definition) is 3. The molecule has 4 rings (SSSR count). The number of rotatable bonds is 4. The van der Waals surface area contributed by atoms with Gasteiger partial charge in [-0.05, 0) is 97.6 Å². The normalized spacial score (nSPS) is 44.1. The molecule has 30 heavy (non-hydrogen) atoms. The van der Waals surface area contributed by atoms with Gasteiger partial charge in [0.25, 0.3) is 0 Å². The molecule has 3 unspecified atom stereocenters. The van der Waals surface area contributed by atoms with Gasteiger partial charge >= 0.3 is 0 Å². The van der Waals surface area contributed by atoms with Crippen LogP contribution in [-0.2, 0) is 6.42 Å². The van der Waals surface area contributed by atoms with Gasteiger partial charge in [-0.15, -0.1) is 0 Å². The molecule has 0 radical (unpaired) electrons. The molecule has 0 saturated heterocycles. The molecule has 0 bridgehead atoms. The highest BCUT2D eigenvalue weighted by Crippen LogP contribution is 2.61. The average Bonchev–Trinajstić information content (AvgIpc) is 2.95. The molecule has 4 N–H and O–H groups in total. The molecule has 3 aliphatic rings. The van der Waals surface area contributed by atoms with Crippen molar-refractivity contribution in [1.82, 2.24) is 0 Å². The van der Waals surface area contributed by atoms with Gasteiger partial charge in [-0.3, -0.25) is 0 Å². The van der Waals surface area contributed by atoms with Gasteiger partial charge in [0.15, 0.2) is 0 Å². The minimum absolute atomic E-state index is 0.00934. The minimum atomic E-state index is -0.340. The minimum Gasteiger partial charge on any atom is -0.393 e. The third-order valence-electron chi connectivity index (χ3n) is 9.35. The van der Waals surface area contributed by atoms with E-state index in [-0.39, 0.29) is 40.9 Å². The SMILES string of the molecule is C=C1C(N)CC2[C@H](O)C([C@@]3(C)CC[C@H](O)C[C@@H]3CCc3ccc(Cl)cc3)CC[C@]12C. The smallest absolute Gasteiger partial charge is 0.0610 e. The standard InChI is InChI=1S/C26H38ClNO2/c1-16-23(28)15-22-24(30)21(11-13-25(16,22)2)26(3)12-10-20(29)14-18(26)7-4-17-5-8-19(27)9-6-17/h5-6,8-9,18,20-24,29-30H,1,4,7,10-15,28H2,2-3H3/t18-,20-,21?,22?,23?,24+,25+,26-/m0/s1. The predicted molar refractivity (Wildman–Crippen MR) is 123 cm³/mol. The fraction of sp³-hybridized carbons (Fsp3) is 0.692. The van der Waals surface area contributed by atoms with E-state index in [0.29, 0.717) is 5.92 Å². The second kappa shape index (κ2) is 8.24. The molecular formula is C26H38ClNO2. The van der Waals surface area contributed by atoms with Gasteiger partial charge in [0.1, 0.15) is 0 Å². The Morgan fingerprint density at radius 2 is 1.77 bits per heavy atom. The third kappa shape index (κ3) is 3.77. The number of benzene rings is 1. The molecule has 1 aromatic carbocycles. The fourth-order valence-electron chi connectivity index (χ4n) is 7.15. The summed E-state index contributed by atoms with van der Waals surface area (Å²) in [7, 11) is 0. The number of nitrogens with two attached hydrogens (primary N) is 1. The van der Waals surface area contributed by atoms with Crippen LogP contribution in [0.3, 0.4) is 0 Å². The molecule has 0 aliphatic heterocycles. The number of hydrogen-bond donors (Lipinski definition) is 3. The van der Waals surface area contributed by atoms with E-state index >= 15 is 0 Å². The lowest BCUT2D eigenvalue weighted by molar-refractivity contribution is -0.120. The Labute approximate surface area is 186 Å². The van der Waals surface area contributed by atoms with E-state index in [1.807, 2.05) is 12.1 Å². The Morgan fingerprint density at radius 3 is 2.47 bits per heavy atom. The summed E-state index contributed by atoms with van der Waals surface area (Å²) >= 11 is 6.04. The highest BCUT2D eigenvalue weighted by Gasteiger charge is 2.58. The number of fused-ring (bicyclic) bond motifs is 1. The summed E-state index contributed by atoms with van der Waals surface area (Å²) in [6.45, 7) is 8.94. The van der Waals surface area contributed by atoms with Gasteiger partial charge in [0.2, 0.25) is 0 Å². The summed E-state index contributed by atoms with van der Waals surface area (Å²) < 4.78 is 0. The summed E-state index contributed by atoms with van der Waals surface area (Å²) in [5.74, 6) is 0.870. The lowest BCUT2D eigenvalue weighted by Gasteiger charge is -2.55. The Morgan fingerprint density at radius 1 is 1.07 bits per heavy atom. The van der Waals surface area contributed by atoms with E-state index in [2.05, 4.69) is 32.6 Å². The molecule has 3 saturated carbocycles. The van der Waals surface area contributed by atoms with Crippen LogP contribution < -0.4 is 5.73 Å². The molecule has 3 fully saturated rings. The van der Waals surface area contributed by atoms with Crippen molar-refractivity contribution in [2.45, 2.75) is 83.5 Å². The lowest BCUT2D eigenvalue weighted by Crippen LogP contribution is -2.52. The van der Waals surface area contributed by atoms with Crippen molar-refractivity contribution >= 4 is 11.6 Å². The largest absolute Gasteiger partial charge is 0.393 e. The summed E-state index contributed by atoms with van der Waals surface area (Å²) in [6.07, 6.45) is 7.04. The first-order valence-electron chi connectivity index (χ1n) is 11.7. The lowest BCUT2D eigenvalue weighted by atomic mass is 9.51. The van der Waals surface area contributed by atoms with Crippen LogP contribution in [0.2, 0.25) is 5.02 Å². The van der Waals surface area contributed by atoms with Crippen molar-refractivity contribution in [2.75, 3.05) is 0 Å². The number of halogens is 1. The number of aliphatic hydroxyl groups excluding tert-OH is 2. The van der Waals surface area contributed by atoms with E-state index in [9.17, 15) is 10.2 Å². The van der Waals surface area contributed by atoms with Crippen molar-refractivity contribution in [3.63, 3.8) is 0 Å². The maximum atomic E-state index is 11.6. The molecular weight excluding hydrogens is 394 g/mol. The molecule has 3 aliphatic carbocycles. The second-order valence-corrected chi connectivity index (χ2v) is 11.3. The summed E-state index contributed by atoms with van der Waals surface area (Å²) in [6, 6.07) is 8.12. The third-order valence-corrected chi connectivity index (χ3v) is 9.61. The maximum Gasteiger partial charge on any atom is 0.0610 e. The Kier molecular flexibility index (Phi) is 6.13. The van der Waals surface area contributed by atoms with Crippen molar-refractivity contribution in [3.8, 4) is 0 Å². The topological polar surface area (TPSA) is 66.5 Å². The van der Waals surface area contributed by atoms with Crippen molar-refractivity contribution in [1.29, 1.82) is 0 Å². The first kappa shape index (κ1) is 22.3. The van der Waals surface area contributed by atoms with Gasteiger partial charge < -0.3 is 15.9 Å². The van der Waals surface area contributed by atoms with Gasteiger partial charge in [-0.1, -0.05) is 49.7 Å². The number of aryl methyl sites for hydroxylation is 1. The molecule has 4 heteroatoms. The first-order valence-corrected chi connectivity index (χ1v) is 12.1. The van der Waals surface area contributed by atoms with Crippen LogP contribution in [0.15, 0.2) is 36.4 Å². The second-order valence-electron chi connectivity index (χ2n) is 10.8. The van der Waals surface area contributed by atoms with E-state index in [0.717, 1.165) is 62.0 Å². The van der Waals surface area contributed by atoms with Crippen molar-refractivity contribution < 1.29 is 10.2 Å². The Bertz CT molecular complexity index is 780. The Hall–Kier alpha value is -0.870. The molecule has 3 nitrogen and oxygen atoms in total. The summed E-state index contributed by atoms with van der Waals surface area (Å²) in [5, 5.41) is 22.8. The monoisotopic (exact) mass is 431 g/mol. The molecule has 0 heterocycles. The fourth-order valence-corrected chi connectivity index (χ4v) is 7.28. The van der Waals surface area contributed by atoms with Crippen molar-refractivity contribution in [3.05, 3.63) is 47.0 Å². The molecule has 0 aromatic heterocycles. The zero-order valence-electron chi connectivity index (χ0n) is 18.5. The molecule has 166 valence electrons. The van der Waals surface area contributed by atoms with Crippen LogP contribution in [0.25, 0.3) is 0 Å². The number of aliphatic hydroxyl groups is 2. The van der Waals surface area contributed by atoms with Crippen LogP contribution in [0, 0.1) is 28.6 Å². The maximum absolute atomic E-state index is 11.6. The van der Waals surface area contributed by atoms with E-state index in [1.165, 1.54) is 5.56 Å². The molecule has 0 amide bonds. The highest BCUT2D eigenvalue weighted by atomic mass is 35.5. The van der Waals surface area contributed by atoms with Crippen LogP contribution >= 0.6 is 11.6 Å². The first-order chi connectivity index (χ1) is 14.1. The van der Waals surface area contributed by atoms with Crippen LogP contribution in [-0.4, -0.2) is 28.5 Å². The van der Waals surface area contributed by atoms with E-state index < -0.39 is 0 Å². The van der Waals surface area contributed by atoms with Crippen molar-refractivity contribution in [2.24, 2.45) is 34.3 Å². The van der Waals surface area contributed by atoms with Crippen LogP contribution in [0.1, 0.15) is 64.4 Å². The highest BCUT2D eigenvalue weighted by molar-refractivity contribution is 6.30. The van der Waals surface area contributed by atoms with Gasteiger partial charge in [-0.2, -0.15) is 0 Å². The zero-order valence-corrected chi connectivity index (χ0v) is 19.2. The molecule has 1 aromatic rings. The van der Waals surface area contributed by atoms with Gasteiger partial charge in [0.05, 0.1) is 12.2 Å². The van der Waals surface area contributed by atoms with Gasteiger partial charge in [-0.25, -0.2) is 0 Å². The molecule has 0 spiro atoms. The molecule has 8 atom stereocenters. The van der Waals surface area contributed by atoms with E-state index in [1.54, 1.807) is 0 Å². The zero-order chi connectivity index (χ0) is 21.7. The van der Waals surface area contributed by atoms with Gasteiger partial charge in [0, 0.05) is 11.1 Å². The van der Waals surface area contributed by atoms with Crippen LogP contribution in [0.5, 0.6) is 0 Å². The van der Waals surface area contributed by atoms with Crippen LogP contribution in [0.4, 0.5) is 0 Å². The summed E-state index contributed by atoms with van der Waals surface area (Å²) in [5.41, 5.74) is 8.79. The Balaban J connectivity index is 1.54. The quantitative estimate of drug-likeness (QED) is 0.579. The van der Waals surface area contributed by atoms with E-state index in [4.69, 9.17) is 17.3 Å².